The largest absolute Gasteiger partial charge is 0.296 e. The van der Waals surface area contributed by atoms with Crippen LogP contribution < -0.4 is 0 Å². The first-order valence-electron chi connectivity index (χ1n) is 5.64. The van der Waals surface area contributed by atoms with Crippen LogP contribution >= 0.6 is 0 Å². The van der Waals surface area contributed by atoms with Crippen molar-refractivity contribution >= 4 is 17.1 Å². The molecule has 0 saturated heterocycles. The van der Waals surface area contributed by atoms with Crippen LogP contribution in [0.3, 0.4) is 0 Å². The van der Waals surface area contributed by atoms with Crippen LogP contribution in [0.4, 0.5) is 0 Å². The van der Waals surface area contributed by atoms with Gasteiger partial charge in [-0.1, -0.05) is 42.5 Å². The van der Waals surface area contributed by atoms with Gasteiger partial charge in [0.15, 0.2) is 6.29 Å². The molecule has 0 unspecified atom stereocenters. The molecule has 0 radical (unpaired) electrons. The van der Waals surface area contributed by atoms with Crippen LogP contribution in [-0.4, -0.2) is 16.3 Å². The van der Waals surface area contributed by atoms with E-state index in [2.05, 4.69) is 22.1 Å². The van der Waals surface area contributed by atoms with Crippen molar-refractivity contribution in [2.24, 2.45) is 0 Å². The Hall–Kier alpha value is -2.55. The van der Waals surface area contributed by atoms with Gasteiger partial charge in [-0.3, -0.25) is 4.79 Å². The van der Waals surface area contributed by atoms with Crippen molar-refractivity contribution in [1.82, 2.24) is 9.97 Å². The first kappa shape index (κ1) is 10.6. The summed E-state index contributed by atoms with van der Waals surface area (Å²) in [6.45, 7) is 0. The van der Waals surface area contributed by atoms with Gasteiger partial charge >= 0.3 is 0 Å². The minimum Gasteiger partial charge on any atom is -0.296 e. The van der Waals surface area contributed by atoms with Crippen molar-refractivity contribution in [3.05, 3.63) is 60.6 Å². The summed E-state index contributed by atoms with van der Waals surface area (Å²) in [7, 11) is 0. The van der Waals surface area contributed by atoms with E-state index in [0.717, 1.165) is 28.3 Å². The molecule has 3 nitrogen and oxygen atoms in total. The van der Waals surface area contributed by atoms with E-state index in [1.807, 2.05) is 30.3 Å². The number of hydrogen-bond donors (Lipinski definition) is 0. The lowest BCUT2D eigenvalue weighted by molar-refractivity contribution is 0.111. The number of nitrogens with zero attached hydrogens (tertiary/aromatic N) is 2. The summed E-state index contributed by atoms with van der Waals surface area (Å²) in [6, 6.07) is 15.8. The molecule has 0 amide bonds. The predicted octanol–water partition coefficient (Wildman–Crippen LogP) is 3.11. The third kappa shape index (κ3) is 1.76. The van der Waals surface area contributed by atoms with Crippen molar-refractivity contribution in [2.75, 3.05) is 0 Å². The van der Waals surface area contributed by atoms with E-state index in [1.165, 1.54) is 6.33 Å². The maximum atomic E-state index is 10.8. The second-order valence-electron chi connectivity index (χ2n) is 3.97. The Labute approximate surface area is 104 Å². The summed E-state index contributed by atoms with van der Waals surface area (Å²) >= 11 is 0. The number of carbonyl (C=O) groups is 1. The quantitative estimate of drug-likeness (QED) is 0.640. The molecule has 0 atom stereocenters. The van der Waals surface area contributed by atoms with Gasteiger partial charge in [0, 0.05) is 5.56 Å². The molecule has 0 N–H and O–H groups in total. The molecule has 0 spiro atoms. The Morgan fingerprint density at radius 1 is 0.944 bits per heavy atom. The van der Waals surface area contributed by atoms with Crippen LogP contribution in [0.1, 0.15) is 10.5 Å². The third-order valence-corrected chi connectivity index (χ3v) is 2.87. The van der Waals surface area contributed by atoms with Gasteiger partial charge in [0.1, 0.15) is 12.0 Å². The maximum absolute atomic E-state index is 10.8. The second kappa shape index (κ2) is 4.37. The number of rotatable bonds is 2. The third-order valence-electron chi connectivity index (χ3n) is 2.87. The van der Waals surface area contributed by atoms with Crippen LogP contribution in [0, 0.1) is 0 Å². The summed E-state index contributed by atoms with van der Waals surface area (Å²) < 4.78 is 0. The fourth-order valence-corrected chi connectivity index (χ4v) is 2.03. The number of benzene rings is 2. The van der Waals surface area contributed by atoms with E-state index in [-0.39, 0.29) is 0 Å². The molecule has 0 saturated carbocycles. The Morgan fingerprint density at radius 2 is 1.78 bits per heavy atom. The van der Waals surface area contributed by atoms with E-state index in [1.54, 1.807) is 6.07 Å². The fraction of sp³-hybridized carbons (Fsp3) is 0. The Bertz CT molecular complexity index is 717. The molecule has 0 aliphatic rings. The van der Waals surface area contributed by atoms with Crippen LogP contribution in [-0.2, 0) is 0 Å². The molecule has 3 rings (SSSR count). The molecule has 0 bridgehead atoms. The topological polar surface area (TPSA) is 42.9 Å². The molecular formula is C15H10N2O. The normalized spacial score (nSPS) is 10.4. The summed E-state index contributed by atoms with van der Waals surface area (Å²) in [5.41, 5.74) is 2.18. The lowest BCUT2D eigenvalue weighted by Gasteiger charge is -2.05. The van der Waals surface area contributed by atoms with Crippen molar-refractivity contribution < 1.29 is 4.79 Å². The summed E-state index contributed by atoms with van der Waals surface area (Å²) in [5, 5.41) is 2.27. The SMILES string of the molecule is O=Cc1cc(-c2cccc3ccccc23)ncn1. The van der Waals surface area contributed by atoms with Gasteiger partial charge in [-0.15, -0.1) is 0 Å². The Kier molecular flexibility index (Phi) is 2.57. The molecule has 1 aromatic heterocycles. The van der Waals surface area contributed by atoms with Gasteiger partial charge in [0.2, 0.25) is 0 Å². The minimum absolute atomic E-state index is 0.396. The smallest absolute Gasteiger partial charge is 0.168 e. The van der Waals surface area contributed by atoms with E-state index in [0.29, 0.717) is 5.69 Å². The predicted molar refractivity (Wildman–Crippen MR) is 70.4 cm³/mol. The average molecular weight is 234 g/mol. The lowest BCUT2D eigenvalue weighted by atomic mass is 10.0. The summed E-state index contributed by atoms with van der Waals surface area (Å²) in [6.07, 6.45) is 2.15. The van der Waals surface area contributed by atoms with Crippen LogP contribution in [0.2, 0.25) is 0 Å². The number of fused-ring (bicyclic) bond motifs is 1. The number of hydrogen-bond acceptors (Lipinski definition) is 3. The molecule has 0 fully saturated rings. The fourth-order valence-electron chi connectivity index (χ4n) is 2.03. The van der Waals surface area contributed by atoms with Gasteiger partial charge in [0.25, 0.3) is 0 Å². The first-order chi connectivity index (χ1) is 8.88. The van der Waals surface area contributed by atoms with E-state index in [9.17, 15) is 4.79 Å². The highest BCUT2D eigenvalue weighted by atomic mass is 16.1. The molecule has 18 heavy (non-hydrogen) atoms. The Balaban J connectivity index is 2.27. The molecule has 3 aromatic rings. The van der Waals surface area contributed by atoms with E-state index in [4.69, 9.17) is 0 Å². The molecule has 86 valence electrons. The number of carbonyl (C=O) groups excluding carboxylic acids is 1. The van der Waals surface area contributed by atoms with Crippen molar-refractivity contribution in [1.29, 1.82) is 0 Å². The zero-order valence-corrected chi connectivity index (χ0v) is 9.58. The summed E-state index contributed by atoms with van der Waals surface area (Å²) in [5.74, 6) is 0. The lowest BCUT2D eigenvalue weighted by Crippen LogP contribution is -1.91. The van der Waals surface area contributed by atoms with Gasteiger partial charge in [-0.25, -0.2) is 9.97 Å². The van der Waals surface area contributed by atoms with E-state index >= 15 is 0 Å². The van der Waals surface area contributed by atoms with E-state index < -0.39 is 0 Å². The highest BCUT2D eigenvalue weighted by Crippen LogP contribution is 2.26. The number of aromatic nitrogens is 2. The van der Waals surface area contributed by atoms with Crippen molar-refractivity contribution in [3.8, 4) is 11.3 Å². The van der Waals surface area contributed by atoms with Gasteiger partial charge < -0.3 is 0 Å². The average Bonchev–Trinajstić information content (AvgIpc) is 2.47. The first-order valence-corrected chi connectivity index (χ1v) is 5.64. The molecule has 3 heteroatoms. The number of aldehydes is 1. The standard InChI is InChI=1S/C15H10N2O/c18-9-12-8-15(17-10-16-12)14-7-3-5-11-4-1-2-6-13(11)14/h1-10H. The molecule has 0 aliphatic carbocycles. The van der Waals surface area contributed by atoms with Gasteiger partial charge in [-0.05, 0) is 16.8 Å². The van der Waals surface area contributed by atoms with Crippen LogP contribution in [0.15, 0.2) is 54.9 Å². The zero-order valence-electron chi connectivity index (χ0n) is 9.58. The van der Waals surface area contributed by atoms with Crippen molar-refractivity contribution in [3.63, 3.8) is 0 Å². The second-order valence-corrected chi connectivity index (χ2v) is 3.97. The van der Waals surface area contributed by atoms with Crippen molar-refractivity contribution in [2.45, 2.75) is 0 Å². The molecule has 0 aliphatic heterocycles. The monoisotopic (exact) mass is 234 g/mol. The highest BCUT2D eigenvalue weighted by Gasteiger charge is 2.05. The molecule has 2 aromatic carbocycles. The zero-order chi connectivity index (χ0) is 12.4. The Morgan fingerprint density at radius 3 is 2.67 bits per heavy atom. The van der Waals surface area contributed by atoms with Gasteiger partial charge in [-0.2, -0.15) is 0 Å². The minimum atomic E-state index is 0.396. The van der Waals surface area contributed by atoms with Gasteiger partial charge in [0.05, 0.1) is 5.69 Å². The highest BCUT2D eigenvalue weighted by molar-refractivity contribution is 5.96. The molecular weight excluding hydrogens is 224 g/mol. The molecule has 1 heterocycles. The van der Waals surface area contributed by atoms with Crippen LogP contribution in [0.5, 0.6) is 0 Å². The maximum Gasteiger partial charge on any atom is 0.168 e. The summed E-state index contributed by atoms with van der Waals surface area (Å²) in [4.78, 5) is 18.9. The van der Waals surface area contributed by atoms with Crippen LogP contribution in [0.25, 0.3) is 22.0 Å².